The fraction of sp³-hybridized carbons (Fsp3) is 0.429. The van der Waals surface area contributed by atoms with E-state index >= 15 is 0 Å². The van der Waals surface area contributed by atoms with Crippen LogP contribution in [0.4, 0.5) is 11.6 Å². The summed E-state index contributed by atoms with van der Waals surface area (Å²) in [6.07, 6.45) is 3.84. The molecule has 1 saturated heterocycles. The van der Waals surface area contributed by atoms with Gasteiger partial charge in [-0.3, -0.25) is 9.79 Å². The van der Waals surface area contributed by atoms with Gasteiger partial charge in [-0.05, 0) is 18.2 Å². The van der Waals surface area contributed by atoms with Gasteiger partial charge in [0.05, 0.1) is 14.2 Å². The van der Waals surface area contributed by atoms with Crippen molar-refractivity contribution < 1.29 is 14.3 Å². The van der Waals surface area contributed by atoms with E-state index in [9.17, 15) is 4.79 Å². The van der Waals surface area contributed by atoms with Gasteiger partial charge in [0.15, 0.2) is 17.5 Å². The minimum absolute atomic E-state index is 0. The molecule has 2 aromatic rings. The number of piperazine rings is 1. The van der Waals surface area contributed by atoms with Crippen LogP contribution in [0.25, 0.3) is 0 Å². The van der Waals surface area contributed by atoms with Crippen molar-refractivity contribution >= 4 is 47.5 Å². The number of methoxy groups -OCH3 is 2. The molecule has 10 nitrogen and oxygen atoms in total. The summed E-state index contributed by atoms with van der Waals surface area (Å²) in [5.74, 6) is 2.67. The Morgan fingerprint density at radius 2 is 1.78 bits per heavy atom. The summed E-state index contributed by atoms with van der Waals surface area (Å²) in [4.78, 5) is 29.3. The lowest BCUT2D eigenvalue weighted by molar-refractivity contribution is -0.131. The largest absolute Gasteiger partial charge is 0.493 e. The number of ether oxygens (including phenoxy) is 2. The molecule has 1 aliphatic rings. The van der Waals surface area contributed by atoms with Gasteiger partial charge in [0.25, 0.3) is 0 Å². The third kappa shape index (κ3) is 6.84. The number of aliphatic imine (C=N–C) groups is 1. The van der Waals surface area contributed by atoms with Crippen molar-refractivity contribution in [3.63, 3.8) is 0 Å². The quantitative estimate of drug-likeness (QED) is 0.303. The first-order valence-corrected chi connectivity index (χ1v) is 10.1. The van der Waals surface area contributed by atoms with Gasteiger partial charge >= 0.3 is 0 Å². The van der Waals surface area contributed by atoms with Crippen LogP contribution in [-0.4, -0.2) is 80.7 Å². The van der Waals surface area contributed by atoms with Crippen molar-refractivity contribution in [3.05, 3.63) is 36.7 Å². The van der Waals surface area contributed by atoms with Crippen LogP contribution in [0.2, 0.25) is 0 Å². The zero-order valence-corrected chi connectivity index (χ0v) is 20.9. The summed E-state index contributed by atoms with van der Waals surface area (Å²) in [6.45, 7) is 3.26. The lowest BCUT2D eigenvalue weighted by atomic mass is 10.2. The summed E-state index contributed by atoms with van der Waals surface area (Å²) in [7, 11) is 4.87. The van der Waals surface area contributed by atoms with E-state index in [0.717, 1.165) is 18.8 Å². The normalized spacial score (nSPS) is 13.8. The Labute approximate surface area is 205 Å². The molecule has 174 valence electrons. The summed E-state index contributed by atoms with van der Waals surface area (Å²) in [5.41, 5.74) is 0.802. The third-order valence-corrected chi connectivity index (χ3v) is 4.97. The van der Waals surface area contributed by atoms with Gasteiger partial charge in [0.2, 0.25) is 11.9 Å². The second-order valence-electron chi connectivity index (χ2n) is 6.86. The number of carbonyl (C=O) groups excluding carboxylic acids is 1. The minimum atomic E-state index is 0. The van der Waals surface area contributed by atoms with Crippen molar-refractivity contribution in [2.75, 3.05) is 64.2 Å². The molecule has 0 spiro atoms. The van der Waals surface area contributed by atoms with Crippen LogP contribution >= 0.6 is 24.0 Å². The van der Waals surface area contributed by atoms with E-state index in [1.54, 1.807) is 39.7 Å². The number of anilines is 2. The van der Waals surface area contributed by atoms with Crippen molar-refractivity contribution in [2.24, 2.45) is 4.99 Å². The summed E-state index contributed by atoms with van der Waals surface area (Å²) in [6, 6.07) is 7.31. The number of halogens is 1. The number of hydrogen-bond donors (Lipinski definition) is 2. The van der Waals surface area contributed by atoms with Gasteiger partial charge < -0.3 is 29.9 Å². The molecule has 0 unspecified atom stereocenters. The minimum Gasteiger partial charge on any atom is -0.493 e. The fourth-order valence-electron chi connectivity index (χ4n) is 3.29. The number of rotatable bonds is 7. The number of nitrogens with one attached hydrogen (secondary N) is 2. The molecule has 0 radical (unpaired) electrons. The van der Waals surface area contributed by atoms with Crippen molar-refractivity contribution in [2.45, 2.75) is 6.42 Å². The third-order valence-electron chi connectivity index (χ3n) is 4.97. The molecule has 0 atom stereocenters. The number of nitrogens with zero attached hydrogens (tertiary/aromatic N) is 5. The highest BCUT2D eigenvalue weighted by atomic mass is 127. The van der Waals surface area contributed by atoms with Crippen LogP contribution in [0.1, 0.15) is 6.42 Å². The average molecular weight is 555 g/mol. The number of guanidine groups is 1. The summed E-state index contributed by atoms with van der Waals surface area (Å²) in [5, 5.41) is 6.37. The standard InChI is InChI=1S/C21H29N7O3.HI/c1-22-20(26-16-5-6-17(30-2)18(15-16)31-3)23-10-7-19(29)27-11-13-28(14-12-27)21-24-8-4-9-25-21;/h4-6,8-9,15H,7,10-14H2,1-3H3,(H2,22,23,26);1H. The zero-order chi connectivity index (χ0) is 22.1. The smallest absolute Gasteiger partial charge is 0.225 e. The number of benzene rings is 1. The Morgan fingerprint density at radius 3 is 2.41 bits per heavy atom. The Morgan fingerprint density at radius 1 is 1.09 bits per heavy atom. The lowest BCUT2D eigenvalue weighted by Gasteiger charge is -2.34. The Kier molecular flexibility index (Phi) is 10.2. The SMILES string of the molecule is CN=C(NCCC(=O)N1CCN(c2ncccn2)CC1)Nc1ccc(OC)c(OC)c1.I. The van der Waals surface area contributed by atoms with Crippen LogP contribution in [0.15, 0.2) is 41.7 Å². The molecule has 1 fully saturated rings. The molecule has 32 heavy (non-hydrogen) atoms. The highest BCUT2D eigenvalue weighted by Crippen LogP contribution is 2.29. The van der Waals surface area contributed by atoms with Gasteiger partial charge in [-0.1, -0.05) is 0 Å². The Balaban J connectivity index is 0.00000363. The molecule has 1 aromatic heterocycles. The van der Waals surface area contributed by atoms with Crippen LogP contribution in [0.3, 0.4) is 0 Å². The molecule has 0 aliphatic carbocycles. The molecule has 11 heteroatoms. The topological polar surface area (TPSA) is 104 Å². The van der Waals surface area contributed by atoms with Crippen molar-refractivity contribution in [1.29, 1.82) is 0 Å². The van der Waals surface area contributed by atoms with Gasteiger partial charge in [0, 0.05) is 70.3 Å². The predicted octanol–water partition coefficient (Wildman–Crippen LogP) is 1.84. The van der Waals surface area contributed by atoms with E-state index in [2.05, 4.69) is 30.5 Å². The molecule has 1 aromatic carbocycles. The van der Waals surface area contributed by atoms with Gasteiger partial charge in [-0.25, -0.2) is 9.97 Å². The Bertz CT molecular complexity index is 890. The highest BCUT2D eigenvalue weighted by Gasteiger charge is 2.22. The molecule has 0 bridgehead atoms. The number of hydrogen-bond acceptors (Lipinski definition) is 7. The van der Waals surface area contributed by atoms with E-state index in [1.807, 2.05) is 23.1 Å². The zero-order valence-electron chi connectivity index (χ0n) is 18.6. The molecule has 1 aliphatic heterocycles. The molecule has 2 heterocycles. The predicted molar refractivity (Wildman–Crippen MR) is 135 cm³/mol. The monoisotopic (exact) mass is 555 g/mol. The molecular formula is C21H30IN7O3. The first kappa shape index (κ1) is 25.4. The first-order chi connectivity index (χ1) is 15.1. The van der Waals surface area contributed by atoms with Gasteiger partial charge in [-0.15, -0.1) is 24.0 Å². The first-order valence-electron chi connectivity index (χ1n) is 10.1. The van der Waals surface area contributed by atoms with Crippen LogP contribution in [0.5, 0.6) is 11.5 Å². The number of aromatic nitrogens is 2. The molecule has 2 N–H and O–H groups in total. The maximum Gasteiger partial charge on any atom is 0.225 e. The van der Waals surface area contributed by atoms with Crippen LogP contribution < -0.4 is 25.0 Å². The second-order valence-corrected chi connectivity index (χ2v) is 6.86. The average Bonchev–Trinajstić information content (AvgIpc) is 2.83. The second kappa shape index (κ2) is 12.9. The van der Waals surface area contributed by atoms with Crippen LogP contribution in [0, 0.1) is 0 Å². The van der Waals surface area contributed by atoms with E-state index in [-0.39, 0.29) is 29.9 Å². The molecule has 0 saturated carbocycles. The van der Waals surface area contributed by atoms with Crippen molar-refractivity contribution in [3.8, 4) is 11.5 Å². The number of amides is 1. The molecule has 1 amide bonds. The van der Waals surface area contributed by atoms with E-state index in [4.69, 9.17) is 9.47 Å². The summed E-state index contributed by atoms with van der Waals surface area (Å²) >= 11 is 0. The lowest BCUT2D eigenvalue weighted by Crippen LogP contribution is -2.49. The maximum absolute atomic E-state index is 12.6. The number of carbonyl (C=O) groups is 1. The molecular weight excluding hydrogens is 525 g/mol. The maximum atomic E-state index is 12.6. The Hall–Kier alpha value is -2.83. The van der Waals surface area contributed by atoms with Crippen molar-refractivity contribution in [1.82, 2.24) is 20.2 Å². The highest BCUT2D eigenvalue weighted by molar-refractivity contribution is 14.0. The van der Waals surface area contributed by atoms with Crippen LogP contribution in [-0.2, 0) is 4.79 Å². The summed E-state index contributed by atoms with van der Waals surface area (Å²) < 4.78 is 10.6. The van der Waals surface area contributed by atoms with Gasteiger partial charge in [-0.2, -0.15) is 0 Å². The van der Waals surface area contributed by atoms with Gasteiger partial charge in [0.1, 0.15) is 0 Å². The van der Waals surface area contributed by atoms with E-state index in [1.165, 1.54) is 0 Å². The van der Waals surface area contributed by atoms with E-state index < -0.39 is 0 Å². The van der Waals surface area contributed by atoms with E-state index in [0.29, 0.717) is 49.5 Å². The fourth-order valence-corrected chi connectivity index (χ4v) is 3.29. The molecule has 3 rings (SSSR count).